The molecular formula is C17H13Cl2NO. The van der Waals surface area contributed by atoms with Gasteiger partial charge in [0, 0.05) is 15.6 Å². The smallest absolute Gasteiger partial charge is 0.184 e. The van der Waals surface area contributed by atoms with Crippen molar-refractivity contribution in [3.05, 3.63) is 68.7 Å². The molecule has 1 unspecified atom stereocenters. The molecule has 2 aromatic rings. The van der Waals surface area contributed by atoms with Crippen LogP contribution in [0.1, 0.15) is 33.0 Å². The van der Waals surface area contributed by atoms with E-state index in [4.69, 9.17) is 23.2 Å². The molecule has 0 spiro atoms. The fourth-order valence-electron chi connectivity index (χ4n) is 2.18. The molecule has 0 aliphatic carbocycles. The zero-order valence-electron chi connectivity index (χ0n) is 11.7. The number of ketones is 1. The molecule has 2 nitrogen and oxygen atoms in total. The van der Waals surface area contributed by atoms with E-state index in [2.05, 4.69) is 0 Å². The van der Waals surface area contributed by atoms with Crippen LogP contribution in [0.25, 0.3) is 0 Å². The maximum atomic E-state index is 12.7. The molecule has 0 amide bonds. The highest BCUT2D eigenvalue weighted by molar-refractivity contribution is 6.35. The lowest BCUT2D eigenvalue weighted by atomic mass is 9.89. The number of aryl methyl sites for hydroxylation is 1. The number of Topliss-reactive ketones (excluding diaryl/α,β-unsaturated/α-hetero) is 1. The third-order valence-corrected chi connectivity index (χ3v) is 4.10. The fraction of sp³-hybridized carbons (Fsp3) is 0.176. The SMILES string of the molecule is Cc1cccc(C(=O)C(C#N)c2ccc(Cl)cc2Cl)c1C. The number of hydrogen-bond acceptors (Lipinski definition) is 2. The number of halogens is 2. The van der Waals surface area contributed by atoms with Gasteiger partial charge in [0.05, 0.1) is 6.07 Å². The minimum atomic E-state index is -0.935. The van der Waals surface area contributed by atoms with Crippen LogP contribution >= 0.6 is 23.2 Å². The Kier molecular flexibility index (Phi) is 4.67. The molecule has 0 heterocycles. The van der Waals surface area contributed by atoms with Gasteiger partial charge in [0.15, 0.2) is 5.78 Å². The van der Waals surface area contributed by atoms with Crippen LogP contribution in [0, 0.1) is 25.2 Å². The first-order valence-electron chi connectivity index (χ1n) is 6.40. The van der Waals surface area contributed by atoms with Crippen molar-refractivity contribution in [3.63, 3.8) is 0 Å². The standard InChI is InChI=1S/C17H13Cl2NO/c1-10-4-3-5-13(11(10)2)17(21)15(9-20)14-7-6-12(18)8-16(14)19/h3-8,15H,1-2H3. The van der Waals surface area contributed by atoms with Crippen LogP contribution in [0.3, 0.4) is 0 Å². The largest absolute Gasteiger partial charge is 0.292 e. The second-order valence-electron chi connectivity index (χ2n) is 4.84. The third kappa shape index (κ3) is 3.10. The van der Waals surface area contributed by atoms with Crippen molar-refractivity contribution in [2.24, 2.45) is 0 Å². The van der Waals surface area contributed by atoms with Crippen LogP contribution < -0.4 is 0 Å². The highest BCUT2D eigenvalue weighted by atomic mass is 35.5. The van der Waals surface area contributed by atoms with Crippen LogP contribution in [-0.2, 0) is 0 Å². The molecule has 0 aliphatic rings. The van der Waals surface area contributed by atoms with E-state index in [-0.39, 0.29) is 5.78 Å². The zero-order valence-corrected chi connectivity index (χ0v) is 13.2. The summed E-state index contributed by atoms with van der Waals surface area (Å²) in [5.41, 5.74) is 2.93. The Labute approximate surface area is 133 Å². The molecule has 2 aromatic carbocycles. The van der Waals surface area contributed by atoms with Gasteiger partial charge in [-0.15, -0.1) is 0 Å². The predicted molar refractivity (Wildman–Crippen MR) is 85.1 cm³/mol. The summed E-state index contributed by atoms with van der Waals surface area (Å²) >= 11 is 12.0. The Bertz CT molecular complexity index is 747. The van der Waals surface area contributed by atoms with Crippen molar-refractivity contribution in [1.29, 1.82) is 5.26 Å². The van der Waals surface area contributed by atoms with Crippen molar-refractivity contribution in [1.82, 2.24) is 0 Å². The molecule has 1 atom stereocenters. The normalized spacial score (nSPS) is 11.8. The molecule has 4 heteroatoms. The number of nitrogens with zero attached hydrogens (tertiary/aromatic N) is 1. The molecule has 0 saturated heterocycles. The summed E-state index contributed by atoms with van der Waals surface area (Å²) < 4.78 is 0. The van der Waals surface area contributed by atoms with Crippen LogP contribution in [0.5, 0.6) is 0 Å². The Morgan fingerprint density at radius 2 is 1.90 bits per heavy atom. The molecule has 0 radical (unpaired) electrons. The number of hydrogen-bond donors (Lipinski definition) is 0. The summed E-state index contributed by atoms with van der Waals surface area (Å²) in [6.07, 6.45) is 0. The Hall–Kier alpha value is -1.82. The van der Waals surface area contributed by atoms with Crippen molar-refractivity contribution in [3.8, 4) is 6.07 Å². The third-order valence-electron chi connectivity index (χ3n) is 3.53. The van der Waals surface area contributed by atoms with Crippen molar-refractivity contribution in [2.45, 2.75) is 19.8 Å². The summed E-state index contributed by atoms with van der Waals surface area (Å²) in [5, 5.41) is 10.2. The van der Waals surface area contributed by atoms with E-state index in [1.54, 1.807) is 24.3 Å². The summed E-state index contributed by atoms with van der Waals surface area (Å²) in [7, 11) is 0. The van der Waals surface area contributed by atoms with Gasteiger partial charge in [0.1, 0.15) is 5.92 Å². The van der Waals surface area contributed by atoms with Crippen LogP contribution in [0.2, 0.25) is 10.0 Å². The molecule has 0 aliphatic heterocycles. The second kappa shape index (κ2) is 6.30. The lowest BCUT2D eigenvalue weighted by Gasteiger charge is -2.13. The van der Waals surface area contributed by atoms with Gasteiger partial charge >= 0.3 is 0 Å². The average molecular weight is 318 g/mol. The first-order valence-corrected chi connectivity index (χ1v) is 7.16. The van der Waals surface area contributed by atoms with Crippen molar-refractivity contribution >= 4 is 29.0 Å². The molecule has 0 aromatic heterocycles. The predicted octanol–water partition coefficient (Wildman–Crippen LogP) is 5.10. The number of benzene rings is 2. The fourth-order valence-corrected chi connectivity index (χ4v) is 2.70. The van der Waals surface area contributed by atoms with Gasteiger partial charge in [-0.05, 0) is 42.7 Å². The minimum absolute atomic E-state index is 0.247. The average Bonchev–Trinajstić information content (AvgIpc) is 2.44. The lowest BCUT2D eigenvalue weighted by molar-refractivity contribution is 0.0978. The van der Waals surface area contributed by atoms with E-state index < -0.39 is 5.92 Å². The lowest BCUT2D eigenvalue weighted by Crippen LogP contribution is -2.13. The van der Waals surface area contributed by atoms with E-state index in [0.29, 0.717) is 21.2 Å². The molecule has 0 saturated carbocycles. The van der Waals surface area contributed by atoms with E-state index in [1.807, 2.05) is 32.0 Å². The Balaban J connectivity index is 2.49. The Morgan fingerprint density at radius 3 is 2.52 bits per heavy atom. The van der Waals surface area contributed by atoms with Gasteiger partial charge < -0.3 is 0 Å². The maximum absolute atomic E-state index is 12.7. The van der Waals surface area contributed by atoms with Crippen LogP contribution in [0.15, 0.2) is 36.4 Å². The second-order valence-corrected chi connectivity index (χ2v) is 5.68. The maximum Gasteiger partial charge on any atom is 0.184 e. The summed E-state index contributed by atoms with van der Waals surface area (Å²) in [5.74, 6) is -1.18. The van der Waals surface area contributed by atoms with Gasteiger partial charge in [-0.1, -0.05) is 47.5 Å². The molecule has 0 N–H and O–H groups in total. The molecule has 2 rings (SSSR count). The summed E-state index contributed by atoms with van der Waals surface area (Å²) in [6, 6.07) is 12.3. The molecule has 21 heavy (non-hydrogen) atoms. The van der Waals surface area contributed by atoms with Gasteiger partial charge in [-0.25, -0.2) is 0 Å². The van der Waals surface area contributed by atoms with Crippen LogP contribution in [0.4, 0.5) is 0 Å². The number of rotatable bonds is 3. The topological polar surface area (TPSA) is 40.9 Å². The van der Waals surface area contributed by atoms with E-state index in [1.165, 1.54) is 0 Å². The summed E-state index contributed by atoms with van der Waals surface area (Å²) in [6.45, 7) is 3.81. The summed E-state index contributed by atoms with van der Waals surface area (Å²) in [4.78, 5) is 12.7. The molecule has 0 bridgehead atoms. The first kappa shape index (κ1) is 15.6. The van der Waals surface area contributed by atoms with E-state index in [0.717, 1.165) is 11.1 Å². The molecule has 106 valence electrons. The van der Waals surface area contributed by atoms with Gasteiger partial charge in [-0.3, -0.25) is 4.79 Å². The number of carbonyl (C=O) groups is 1. The minimum Gasteiger partial charge on any atom is -0.292 e. The highest BCUT2D eigenvalue weighted by Gasteiger charge is 2.25. The molecular weight excluding hydrogens is 305 g/mol. The van der Waals surface area contributed by atoms with Crippen molar-refractivity contribution in [2.75, 3.05) is 0 Å². The van der Waals surface area contributed by atoms with Gasteiger partial charge in [0.2, 0.25) is 0 Å². The molecule has 0 fully saturated rings. The first-order chi connectivity index (χ1) is 9.95. The highest BCUT2D eigenvalue weighted by Crippen LogP contribution is 2.30. The van der Waals surface area contributed by atoms with Crippen LogP contribution in [-0.4, -0.2) is 5.78 Å². The monoisotopic (exact) mass is 317 g/mol. The zero-order chi connectivity index (χ0) is 15.6. The number of carbonyl (C=O) groups excluding carboxylic acids is 1. The van der Waals surface area contributed by atoms with Gasteiger partial charge in [-0.2, -0.15) is 5.26 Å². The van der Waals surface area contributed by atoms with E-state index >= 15 is 0 Å². The Morgan fingerprint density at radius 1 is 1.19 bits per heavy atom. The number of nitriles is 1. The van der Waals surface area contributed by atoms with E-state index in [9.17, 15) is 10.1 Å². The quantitative estimate of drug-likeness (QED) is 0.739. The van der Waals surface area contributed by atoms with Gasteiger partial charge in [0.25, 0.3) is 0 Å². The van der Waals surface area contributed by atoms with Crippen molar-refractivity contribution < 1.29 is 4.79 Å².